The average Bonchev–Trinajstić information content (AvgIpc) is 2.75. The highest BCUT2D eigenvalue weighted by molar-refractivity contribution is 5.72. The van der Waals surface area contributed by atoms with Gasteiger partial charge in [-0.1, -0.05) is 90.7 Å². The lowest BCUT2D eigenvalue weighted by atomic mass is 10.0. The zero-order valence-corrected chi connectivity index (χ0v) is 20.1. The van der Waals surface area contributed by atoms with Crippen molar-refractivity contribution < 1.29 is 19.1 Å². The summed E-state index contributed by atoms with van der Waals surface area (Å²) >= 11 is 0. The first-order chi connectivity index (χ1) is 15.0. The van der Waals surface area contributed by atoms with Gasteiger partial charge in [0.15, 0.2) is 0 Å². The number of hydrogen-bond acceptors (Lipinski definition) is 4. The highest BCUT2D eigenvalue weighted by Gasteiger charge is 2.06. The quantitative estimate of drug-likeness (QED) is 0.135. The summed E-state index contributed by atoms with van der Waals surface area (Å²) < 4.78 is 10.7. The van der Waals surface area contributed by atoms with E-state index in [0.29, 0.717) is 31.1 Å². The standard InChI is InChI=1S/C27H44O4/c1-4-5-6-7-12-15-22-30-26(28)16-13-10-8-9-11-14-17-27(29)31-25-20-18-24(19-21-25)23(2)3/h18-21,23H,4-17,22H2,1-3H3. The minimum absolute atomic E-state index is 0.0577. The minimum atomic E-state index is -0.162. The van der Waals surface area contributed by atoms with Crippen LogP contribution in [0.3, 0.4) is 0 Å². The topological polar surface area (TPSA) is 52.6 Å². The Kier molecular flexibility index (Phi) is 15.6. The van der Waals surface area contributed by atoms with Crippen LogP contribution in [0.2, 0.25) is 0 Å². The van der Waals surface area contributed by atoms with Gasteiger partial charge >= 0.3 is 11.9 Å². The third-order valence-corrected chi connectivity index (χ3v) is 5.55. The van der Waals surface area contributed by atoms with E-state index in [9.17, 15) is 9.59 Å². The molecule has 0 unspecified atom stereocenters. The molecular formula is C27H44O4. The highest BCUT2D eigenvalue weighted by atomic mass is 16.5. The molecule has 1 aromatic carbocycles. The fourth-order valence-corrected chi connectivity index (χ4v) is 3.49. The van der Waals surface area contributed by atoms with Crippen LogP contribution in [-0.2, 0) is 14.3 Å². The lowest BCUT2D eigenvalue weighted by Gasteiger charge is -2.08. The van der Waals surface area contributed by atoms with Gasteiger partial charge in [-0.2, -0.15) is 0 Å². The number of carbonyl (C=O) groups excluding carboxylic acids is 2. The maximum Gasteiger partial charge on any atom is 0.311 e. The first-order valence-corrected chi connectivity index (χ1v) is 12.5. The van der Waals surface area contributed by atoms with Crippen LogP contribution in [0.1, 0.15) is 122 Å². The van der Waals surface area contributed by atoms with Crippen LogP contribution in [-0.4, -0.2) is 18.5 Å². The predicted molar refractivity (Wildman–Crippen MR) is 127 cm³/mol. The molecule has 0 aliphatic heterocycles. The van der Waals surface area contributed by atoms with Crippen LogP contribution < -0.4 is 4.74 Å². The molecule has 31 heavy (non-hydrogen) atoms. The van der Waals surface area contributed by atoms with Crippen molar-refractivity contribution >= 4 is 11.9 Å². The number of ether oxygens (including phenoxy) is 2. The van der Waals surface area contributed by atoms with Gasteiger partial charge in [0.05, 0.1) is 6.61 Å². The van der Waals surface area contributed by atoms with Gasteiger partial charge < -0.3 is 9.47 Å². The first kappa shape index (κ1) is 27.2. The molecule has 0 heterocycles. The van der Waals surface area contributed by atoms with E-state index >= 15 is 0 Å². The fourth-order valence-electron chi connectivity index (χ4n) is 3.49. The number of rotatable bonds is 18. The van der Waals surface area contributed by atoms with Crippen molar-refractivity contribution in [3.8, 4) is 5.75 Å². The lowest BCUT2D eigenvalue weighted by Crippen LogP contribution is -2.07. The molecule has 0 saturated carbocycles. The smallest absolute Gasteiger partial charge is 0.311 e. The van der Waals surface area contributed by atoms with Crippen LogP contribution in [0.5, 0.6) is 5.75 Å². The Hall–Kier alpha value is -1.84. The largest absolute Gasteiger partial charge is 0.466 e. The van der Waals surface area contributed by atoms with Crippen molar-refractivity contribution in [3.63, 3.8) is 0 Å². The Balaban J connectivity index is 1.92. The van der Waals surface area contributed by atoms with Crippen molar-refractivity contribution in [1.29, 1.82) is 0 Å². The van der Waals surface area contributed by atoms with E-state index < -0.39 is 0 Å². The normalized spacial score (nSPS) is 11.0. The van der Waals surface area contributed by atoms with Crippen molar-refractivity contribution in [2.75, 3.05) is 6.61 Å². The number of benzene rings is 1. The van der Waals surface area contributed by atoms with Gasteiger partial charge in [0.1, 0.15) is 5.75 Å². The molecule has 0 spiro atoms. The second-order valence-electron chi connectivity index (χ2n) is 8.81. The summed E-state index contributed by atoms with van der Waals surface area (Å²) in [6.07, 6.45) is 14.2. The molecule has 0 saturated heterocycles. The summed E-state index contributed by atoms with van der Waals surface area (Å²) in [5.74, 6) is 0.876. The van der Waals surface area contributed by atoms with Crippen LogP contribution in [0.4, 0.5) is 0 Å². The van der Waals surface area contributed by atoms with E-state index in [-0.39, 0.29) is 11.9 Å². The summed E-state index contributed by atoms with van der Waals surface area (Å²) in [5, 5.41) is 0. The molecule has 0 atom stereocenters. The maximum absolute atomic E-state index is 11.9. The third kappa shape index (κ3) is 14.7. The lowest BCUT2D eigenvalue weighted by molar-refractivity contribution is -0.144. The van der Waals surface area contributed by atoms with E-state index in [2.05, 4.69) is 20.8 Å². The summed E-state index contributed by atoms with van der Waals surface area (Å²) in [7, 11) is 0. The van der Waals surface area contributed by atoms with Crippen molar-refractivity contribution in [1.82, 2.24) is 0 Å². The molecule has 1 rings (SSSR count). The van der Waals surface area contributed by atoms with Crippen molar-refractivity contribution in [3.05, 3.63) is 29.8 Å². The molecule has 0 fully saturated rings. The average molecular weight is 433 g/mol. The third-order valence-electron chi connectivity index (χ3n) is 5.55. The van der Waals surface area contributed by atoms with E-state index in [1.165, 1.54) is 31.2 Å². The van der Waals surface area contributed by atoms with Gasteiger partial charge in [-0.25, -0.2) is 0 Å². The van der Waals surface area contributed by atoms with Crippen molar-refractivity contribution in [2.45, 2.75) is 117 Å². The Labute approximate surface area is 190 Å². The Bertz CT molecular complexity index is 592. The van der Waals surface area contributed by atoms with Crippen molar-refractivity contribution in [2.24, 2.45) is 0 Å². The van der Waals surface area contributed by atoms with Gasteiger partial charge in [-0.3, -0.25) is 9.59 Å². The second kappa shape index (κ2) is 17.8. The molecule has 176 valence electrons. The predicted octanol–water partition coefficient (Wildman–Crippen LogP) is 7.74. The first-order valence-electron chi connectivity index (χ1n) is 12.5. The van der Waals surface area contributed by atoms with E-state index in [0.717, 1.165) is 51.4 Å². The zero-order valence-electron chi connectivity index (χ0n) is 20.1. The number of hydrogen-bond donors (Lipinski definition) is 0. The molecule has 0 bridgehead atoms. The Morgan fingerprint density at radius 1 is 0.710 bits per heavy atom. The monoisotopic (exact) mass is 432 g/mol. The fraction of sp³-hybridized carbons (Fsp3) is 0.704. The van der Waals surface area contributed by atoms with Crippen LogP contribution in [0.25, 0.3) is 0 Å². The summed E-state index contributed by atoms with van der Waals surface area (Å²) in [4.78, 5) is 23.7. The van der Waals surface area contributed by atoms with Crippen LogP contribution in [0, 0.1) is 0 Å². The molecule has 1 aromatic rings. The van der Waals surface area contributed by atoms with Crippen LogP contribution >= 0.6 is 0 Å². The molecule has 0 aromatic heterocycles. The highest BCUT2D eigenvalue weighted by Crippen LogP contribution is 2.19. The molecule has 0 amide bonds. The number of esters is 2. The van der Waals surface area contributed by atoms with Gasteiger partial charge in [-0.15, -0.1) is 0 Å². The van der Waals surface area contributed by atoms with Gasteiger partial charge in [0.25, 0.3) is 0 Å². The molecule has 4 heteroatoms. The minimum Gasteiger partial charge on any atom is -0.466 e. The van der Waals surface area contributed by atoms with E-state index in [4.69, 9.17) is 9.47 Å². The number of carbonyl (C=O) groups is 2. The Morgan fingerprint density at radius 2 is 1.23 bits per heavy atom. The molecule has 0 aliphatic carbocycles. The molecular weight excluding hydrogens is 388 g/mol. The molecule has 0 radical (unpaired) electrons. The summed E-state index contributed by atoms with van der Waals surface area (Å²) in [5.41, 5.74) is 1.24. The van der Waals surface area contributed by atoms with Gasteiger partial charge in [0, 0.05) is 12.8 Å². The number of unbranched alkanes of at least 4 members (excludes halogenated alkanes) is 10. The summed E-state index contributed by atoms with van der Waals surface area (Å²) in [6.45, 7) is 7.07. The second-order valence-corrected chi connectivity index (χ2v) is 8.81. The molecule has 0 N–H and O–H groups in total. The Morgan fingerprint density at radius 3 is 1.81 bits per heavy atom. The maximum atomic E-state index is 11.9. The van der Waals surface area contributed by atoms with E-state index in [1.54, 1.807) is 0 Å². The molecule has 0 aliphatic rings. The van der Waals surface area contributed by atoms with E-state index in [1.807, 2.05) is 24.3 Å². The van der Waals surface area contributed by atoms with Crippen LogP contribution in [0.15, 0.2) is 24.3 Å². The zero-order chi connectivity index (χ0) is 22.7. The van der Waals surface area contributed by atoms with Gasteiger partial charge in [0.2, 0.25) is 0 Å². The SMILES string of the molecule is CCCCCCCCOC(=O)CCCCCCCCC(=O)Oc1ccc(C(C)C)cc1. The molecule has 4 nitrogen and oxygen atoms in total. The van der Waals surface area contributed by atoms with Gasteiger partial charge in [-0.05, 0) is 42.9 Å². The summed E-state index contributed by atoms with van der Waals surface area (Å²) in [6, 6.07) is 7.76.